The maximum atomic E-state index is 12.8. The molecule has 0 spiro atoms. The number of nitrogens with zero attached hydrogens (tertiary/aromatic N) is 1. The van der Waals surface area contributed by atoms with Gasteiger partial charge in [0.05, 0.1) is 12.1 Å². The lowest BCUT2D eigenvalue weighted by atomic mass is 10.1. The average Bonchev–Trinajstić information content (AvgIpc) is 2.62. The van der Waals surface area contributed by atoms with Crippen molar-refractivity contribution in [2.75, 3.05) is 20.1 Å². The summed E-state index contributed by atoms with van der Waals surface area (Å²) in [5.41, 5.74) is 0.572. The van der Waals surface area contributed by atoms with Crippen molar-refractivity contribution in [2.24, 2.45) is 0 Å². The standard InChI is InChI=1S/C20H21F5N2O2/c1-27(12-15-3-2-4-16(11-15)20(23,24)25)13-18(28)26-10-9-14-5-7-17(8-6-14)29-19(21)22/h2-8,11,19H,9-10,12-13H2,1H3,(H,26,28). The fourth-order valence-corrected chi connectivity index (χ4v) is 2.70. The molecular weight excluding hydrogens is 395 g/mol. The average molecular weight is 416 g/mol. The molecule has 0 heterocycles. The van der Waals surface area contributed by atoms with Crippen LogP contribution in [0.3, 0.4) is 0 Å². The molecule has 0 aromatic heterocycles. The first-order valence-electron chi connectivity index (χ1n) is 8.78. The second kappa shape index (κ2) is 10.2. The Morgan fingerprint density at radius 2 is 1.79 bits per heavy atom. The van der Waals surface area contributed by atoms with E-state index in [0.717, 1.165) is 17.7 Å². The van der Waals surface area contributed by atoms with E-state index in [2.05, 4.69) is 10.1 Å². The number of ether oxygens (including phenoxy) is 1. The zero-order valence-corrected chi connectivity index (χ0v) is 15.7. The fourth-order valence-electron chi connectivity index (χ4n) is 2.70. The van der Waals surface area contributed by atoms with Gasteiger partial charge in [0.15, 0.2) is 0 Å². The van der Waals surface area contributed by atoms with E-state index in [1.807, 2.05) is 0 Å². The molecule has 0 radical (unpaired) electrons. The van der Waals surface area contributed by atoms with Gasteiger partial charge < -0.3 is 10.1 Å². The van der Waals surface area contributed by atoms with E-state index in [4.69, 9.17) is 0 Å². The lowest BCUT2D eigenvalue weighted by Crippen LogP contribution is -2.35. The number of alkyl halides is 5. The predicted octanol–water partition coefficient (Wildman–Crippen LogP) is 4.10. The summed E-state index contributed by atoms with van der Waals surface area (Å²) in [5.74, 6) is -0.207. The maximum absolute atomic E-state index is 12.8. The Balaban J connectivity index is 1.75. The van der Waals surface area contributed by atoms with Crippen molar-refractivity contribution in [3.05, 3.63) is 65.2 Å². The number of likely N-dealkylation sites (N-methyl/N-ethyl adjacent to an activating group) is 1. The molecule has 0 aliphatic carbocycles. The molecule has 2 rings (SSSR count). The number of nitrogens with one attached hydrogen (secondary N) is 1. The van der Waals surface area contributed by atoms with Crippen LogP contribution in [0, 0.1) is 0 Å². The van der Waals surface area contributed by atoms with Gasteiger partial charge in [-0.3, -0.25) is 9.69 Å². The number of carbonyl (C=O) groups is 1. The SMILES string of the molecule is CN(CC(=O)NCCc1ccc(OC(F)F)cc1)Cc1cccc(C(F)(F)F)c1. The molecule has 2 aromatic rings. The quantitative estimate of drug-likeness (QED) is 0.626. The molecule has 0 atom stereocenters. The third-order valence-corrected chi connectivity index (χ3v) is 4.00. The molecule has 29 heavy (non-hydrogen) atoms. The molecule has 0 aliphatic heterocycles. The van der Waals surface area contributed by atoms with Crippen molar-refractivity contribution < 1.29 is 31.5 Å². The maximum Gasteiger partial charge on any atom is 0.416 e. The summed E-state index contributed by atoms with van der Waals surface area (Å²) in [6.07, 6.45) is -3.91. The van der Waals surface area contributed by atoms with Crippen molar-refractivity contribution in [1.29, 1.82) is 0 Å². The van der Waals surface area contributed by atoms with Crippen molar-refractivity contribution in [1.82, 2.24) is 10.2 Å². The van der Waals surface area contributed by atoms with E-state index >= 15 is 0 Å². The molecule has 0 fully saturated rings. The number of hydrogen-bond donors (Lipinski definition) is 1. The molecule has 2 aromatic carbocycles. The van der Waals surface area contributed by atoms with E-state index < -0.39 is 18.4 Å². The monoisotopic (exact) mass is 416 g/mol. The van der Waals surface area contributed by atoms with Crippen molar-refractivity contribution in [3.8, 4) is 5.75 Å². The van der Waals surface area contributed by atoms with Gasteiger partial charge >= 0.3 is 12.8 Å². The highest BCUT2D eigenvalue weighted by Gasteiger charge is 2.30. The highest BCUT2D eigenvalue weighted by atomic mass is 19.4. The largest absolute Gasteiger partial charge is 0.435 e. The first-order valence-corrected chi connectivity index (χ1v) is 8.78. The van der Waals surface area contributed by atoms with Crippen molar-refractivity contribution >= 4 is 5.91 Å². The number of benzene rings is 2. The predicted molar refractivity (Wildman–Crippen MR) is 97.6 cm³/mol. The highest BCUT2D eigenvalue weighted by Crippen LogP contribution is 2.29. The Bertz CT molecular complexity index is 794. The Morgan fingerprint density at radius 1 is 1.10 bits per heavy atom. The van der Waals surface area contributed by atoms with E-state index in [9.17, 15) is 26.7 Å². The van der Waals surface area contributed by atoms with E-state index in [-0.39, 0.29) is 24.7 Å². The van der Waals surface area contributed by atoms with Crippen molar-refractivity contribution in [2.45, 2.75) is 25.8 Å². The van der Waals surface area contributed by atoms with Crippen LogP contribution in [0.15, 0.2) is 48.5 Å². The Kier molecular flexibility index (Phi) is 7.95. The number of rotatable bonds is 9. The zero-order chi connectivity index (χ0) is 21.4. The summed E-state index contributed by atoms with van der Waals surface area (Å²) >= 11 is 0. The third kappa shape index (κ3) is 8.06. The van der Waals surface area contributed by atoms with Crippen LogP contribution < -0.4 is 10.1 Å². The van der Waals surface area contributed by atoms with E-state index in [1.54, 1.807) is 30.1 Å². The molecule has 0 unspecified atom stereocenters. The number of carbonyl (C=O) groups excluding carboxylic acids is 1. The first kappa shape index (κ1) is 22.6. The topological polar surface area (TPSA) is 41.6 Å². The summed E-state index contributed by atoms with van der Waals surface area (Å²) in [4.78, 5) is 13.6. The van der Waals surface area contributed by atoms with Crippen LogP contribution >= 0.6 is 0 Å². The summed E-state index contributed by atoms with van der Waals surface area (Å²) < 4.78 is 66.7. The number of hydrogen-bond acceptors (Lipinski definition) is 3. The third-order valence-electron chi connectivity index (χ3n) is 4.00. The number of halogens is 5. The highest BCUT2D eigenvalue weighted by molar-refractivity contribution is 5.77. The second-order valence-corrected chi connectivity index (χ2v) is 6.49. The number of amides is 1. The second-order valence-electron chi connectivity index (χ2n) is 6.49. The van der Waals surface area contributed by atoms with Crippen LogP contribution in [0.4, 0.5) is 22.0 Å². The van der Waals surface area contributed by atoms with Crippen LogP contribution in [0.25, 0.3) is 0 Å². The summed E-state index contributed by atoms with van der Waals surface area (Å²) in [6, 6.07) is 11.1. The van der Waals surface area contributed by atoms with Crippen LogP contribution in [0.2, 0.25) is 0 Å². The molecule has 1 amide bonds. The minimum atomic E-state index is -4.41. The van der Waals surface area contributed by atoms with Crippen LogP contribution in [0.5, 0.6) is 5.75 Å². The Hall–Kier alpha value is -2.68. The van der Waals surface area contributed by atoms with Gasteiger partial charge in [-0.2, -0.15) is 22.0 Å². The van der Waals surface area contributed by atoms with Gasteiger partial charge in [0, 0.05) is 13.1 Å². The summed E-state index contributed by atoms with van der Waals surface area (Å²) in [5, 5.41) is 2.72. The van der Waals surface area contributed by atoms with Gasteiger partial charge in [-0.05, 0) is 42.8 Å². The lowest BCUT2D eigenvalue weighted by Gasteiger charge is -2.17. The molecule has 0 saturated heterocycles. The molecule has 9 heteroatoms. The van der Waals surface area contributed by atoms with Crippen LogP contribution in [-0.4, -0.2) is 37.6 Å². The van der Waals surface area contributed by atoms with Gasteiger partial charge in [0.1, 0.15) is 5.75 Å². The molecule has 0 aliphatic rings. The molecule has 158 valence electrons. The minimum absolute atomic E-state index is 0.0252. The van der Waals surface area contributed by atoms with Gasteiger partial charge in [-0.1, -0.05) is 30.3 Å². The van der Waals surface area contributed by atoms with Crippen molar-refractivity contribution in [3.63, 3.8) is 0 Å². The summed E-state index contributed by atoms with van der Waals surface area (Å²) in [6.45, 7) is -2.32. The van der Waals surface area contributed by atoms with E-state index in [1.165, 1.54) is 18.2 Å². The smallest absolute Gasteiger partial charge is 0.416 e. The molecule has 0 bridgehead atoms. The van der Waals surface area contributed by atoms with Gasteiger partial charge in [0.25, 0.3) is 0 Å². The minimum Gasteiger partial charge on any atom is -0.435 e. The molecule has 4 nitrogen and oxygen atoms in total. The molecule has 0 saturated carbocycles. The van der Waals surface area contributed by atoms with E-state index in [0.29, 0.717) is 18.5 Å². The molecular formula is C20H21F5N2O2. The van der Waals surface area contributed by atoms with Crippen LogP contribution in [0.1, 0.15) is 16.7 Å². The normalized spacial score (nSPS) is 11.7. The Morgan fingerprint density at radius 3 is 2.41 bits per heavy atom. The Labute approximate surface area is 165 Å². The fraction of sp³-hybridized carbons (Fsp3) is 0.350. The van der Waals surface area contributed by atoms with Crippen LogP contribution in [-0.2, 0) is 23.9 Å². The molecule has 1 N–H and O–H groups in total. The zero-order valence-electron chi connectivity index (χ0n) is 15.7. The van der Waals surface area contributed by atoms with Gasteiger partial charge in [0.2, 0.25) is 5.91 Å². The lowest BCUT2D eigenvalue weighted by molar-refractivity contribution is -0.137. The summed E-state index contributed by atoms with van der Waals surface area (Å²) in [7, 11) is 1.64. The van der Waals surface area contributed by atoms with Gasteiger partial charge in [-0.25, -0.2) is 0 Å². The first-order chi connectivity index (χ1) is 13.6. The van der Waals surface area contributed by atoms with Gasteiger partial charge in [-0.15, -0.1) is 0 Å².